The van der Waals surface area contributed by atoms with E-state index in [9.17, 15) is 4.79 Å². The lowest BCUT2D eigenvalue weighted by molar-refractivity contribution is -0.136. The maximum atomic E-state index is 10.9. The summed E-state index contributed by atoms with van der Waals surface area (Å²) in [4.78, 5) is 16.6. The predicted octanol–water partition coefficient (Wildman–Crippen LogP) is 3.35. The Morgan fingerprint density at radius 2 is 2.16 bits per heavy atom. The second kappa shape index (κ2) is 6.42. The highest BCUT2D eigenvalue weighted by Crippen LogP contribution is 2.34. The Morgan fingerprint density at radius 1 is 1.32 bits per heavy atom. The van der Waals surface area contributed by atoms with E-state index in [-0.39, 0.29) is 6.42 Å². The minimum atomic E-state index is -0.812. The van der Waals surface area contributed by atoms with Crippen molar-refractivity contribution in [2.24, 2.45) is 4.99 Å². The van der Waals surface area contributed by atoms with Crippen LogP contribution in [-0.2, 0) is 17.8 Å². The highest BCUT2D eigenvalue weighted by molar-refractivity contribution is 7.15. The molecule has 3 aromatic rings. The van der Waals surface area contributed by atoms with Crippen molar-refractivity contribution in [3.63, 3.8) is 0 Å². The van der Waals surface area contributed by atoms with E-state index < -0.39 is 5.97 Å². The first-order chi connectivity index (χ1) is 12.1. The number of fused-ring (bicyclic) bond motifs is 3. The van der Waals surface area contributed by atoms with Gasteiger partial charge >= 0.3 is 5.97 Å². The molecular weight excluding hydrogens is 360 g/mol. The van der Waals surface area contributed by atoms with Gasteiger partial charge in [0.15, 0.2) is 5.82 Å². The van der Waals surface area contributed by atoms with Gasteiger partial charge in [0.05, 0.1) is 12.1 Å². The molecule has 0 saturated carbocycles. The fraction of sp³-hybridized carbons (Fsp3) is 0.176. The average molecular weight is 373 g/mol. The van der Waals surface area contributed by atoms with Crippen LogP contribution < -0.4 is 0 Å². The number of carbonyl (C=O) groups is 1. The maximum Gasteiger partial charge on any atom is 0.303 e. The van der Waals surface area contributed by atoms with Gasteiger partial charge in [0.25, 0.3) is 0 Å². The minimum Gasteiger partial charge on any atom is -0.481 e. The fourth-order valence-electron chi connectivity index (χ4n) is 2.79. The van der Waals surface area contributed by atoms with Gasteiger partial charge in [0.2, 0.25) is 0 Å². The zero-order chi connectivity index (χ0) is 17.4. The summed E-state index contributed by atoms with van der Waals surface area (Å²) in [5, 5.41) is 18.6. The number of thiophene rings is 1. The number of aryl methyl sites for hydroxylation is 1. The van der Waals surface area contributed by atoms with Gasteiger partial charge in [-0.2, -0.15) is 0 Å². The van der Waals surface area contributed by atoms with Crippen LogP contribution in [0.15, 0.2) is 41.7 Å². The van der Waals surface area contributed by atoms with E-state index in [0.717, 1.165) is 32.5 Å². The van der Waals surface area contributed by atoms with Crippen LogP contribution in [0.1, 0.15) is 28.2 Å². The van der Waals surface area contributed by atoms with Crippen molar-refractivity contribution in [3.05, 3.63) is 63.5 Å². The summed E-state index contributed by atoms with van der Waals surface area (Å²) in [7, 11) is 0. The Morgan fingerprint density at radius 3 is 2.96 bits per heavy atom. The van der Waals surface area contributed by atoms with Crippen molar-refractivity contribution in [1.29, 1.82) is 0 Å². The number of carboxylic acid groups (broad SMARTS) is 1. The first-order valence-electron chi connectivity index (χ1n) is 7.67. The molecule has 0 radical (unpaired) electrons. The third kappa shape index (κ3) is 2.96. The number of aromatic nitrogens is 3. The summed E-state index contributed by atoms with van der Waals surface area (Å²) in [5.74, 6) is -0.0662. The quantitative estimate of drug-likeness (QED) is 0.761. The smallest absolute Gasteiger partial charge is 0.303 e. The van der Waals surface area contributed by atoms with Crippen LogP contribution in [0.5, 0.6) is 0 Å². The van der Waals surface area contributed by atoms with Gasteiger partial charge in [-0.15, -0.1) is 21.5 Å². The molecule has 6 nitrogen and oxygen atoms in total. The molecular formula is C17H13ClN4O2S. The first kappa shape index (κ1) is 16.0. The molecule has 4 rings (SSSR count). The van der Waals surface area contributed by atoms with Gasteiger partial charge < -0.3 is 5.11 Å². The number of nitrogens with zero attached hydrogens (tertiary/aromatic N) is 4. The zero-order valence-corrected chi connectivity index (χ0v) is 14.6. The van der Waals surface area contributed by atoms with Crippen LogP contribution in [0, 0.1) is 0 Å². The summed E-state index contributed by atoms with van der Waals surface area (Å²) in [6, 6.07) is 9.57. The van der Waals surface area contributed by atoms with Crippen LogP contribution in [0.2, 0.25) is 5.02 Å². The van der Waals surface area contributed by atoms with Crippen LogP contribution in [0.3, 0.4) is 0 Å². The second-order valence-corrected chi connectivity index (χ2v) is 7.11. The molecule has 0 atom stereocenters. The minimum absolute atomic E-state index is 0.0903. The number of hydrogen-bond acceptors (Lipinski definition) is 5. The summed E-state index contributed by atoms with van der Waals surface area (Å²) in [5.41, 5.74) is 2.58. The van der Waals surface area contributed by atoms with Crippen LogP contribution in [0.4, 0.5) is 0 Å². The predicted molar refractivity (Wildman–Crippen MR) is 96.0 cm³/mol. The molecule has 0 unspecified atom stereocenters. The molecule has 2 aromatic heterocycles. The molecule has 3 heterocycles. The van der Waals surface area contributed by atoms with Gasteiger partial charge in [-0.25, -0.2) is 0 Å². The van der Waals surface area contributed by atoms with Gasteiger partial charge in [0.1, 0.15) is 17.9 Å². The van der Waals surface area contributed by atoms with Crippen molar-refractivity contribution in [2.45, 2.75) is 19.4 Å². The molecule has 1 aromatic carbocycles. The molecule has 0 bridgehead atoms. The molecule has 0 saturated heterocycles. The molecule has 126 valence electrons. The molecule has 0 spiro atoms. The molecule has 1 N–H and O–H groups in total. The third-order valence-electron chi connectivity index (χ3n) is 3.95. The zero-order valence-electron chi connectivity index (χ0n) is 13.0. The van der Waals surface area contributed by atoms with Gasteiger partial charge in [-0.1, -0.05) is 29.8 Å². The van der Waals surface area contributed by atoms with E-state index in [1.165, 1.54) is 11.3 Å². The van der Waals surface area contributed by atoms with Crippen molar-refractivity contribution in [2.75, 3.05) is 0 Å². The summed E-state index contributed by atoms with van der Waals surface area (Å²) >= 11 is 7.92. The maximum absolute atomic E-state index is 10.9. The van der Waals surface area contributed by atoms with Crippen LogP contribution in [0.25, 0.3) is 5.00 Å². The lowest BCUT2D eigenvalue weighted by atomic mass is 10.0. The molecule has 0 amide bonds. The topological polar surface area (TPSA) is 80.4 Å². The summed E-state index contributed by atoms with van der Waals surface area (Å²) in [6.45, 7) is 0.409. The van der Waals surface area contributed by atoms with Crippen molar-refractivity contribution >= 4 is 34.6 Å². The Kier molecular flexibility index (Phi) is 4.10. The van der Waals surface area contributed by atoms with Gasteiger partial charge in [-0.3, -0.25) is 14.4 Å². The fourth-order valence-corrected chi connectivity index (χ4v) is 4.16. The number of hydrogen-bond donors (Lipinski definition) is 1. The summed E-state index contributed by atoms with van der Waals surface area (Å²) in [6.07, 6.45) is 2.23. The number of carboxylic acids is 1. The normalized spacial score (nSPS) is 12.9. The van der Waals surface area contributed by atoms with E-state index in [4.69, 9.17) is 21.7 Å². The van der Waals surface area contributed by atoms with Crippen molar-refractivity contribution in [3.8, 4) is 5.00 Å². The SMILES string of the molecule is O=C(O)CCc1cc2c(s1)-n1cnnc1CN=C2c1ccccc1Cl. The third-order valence-corrected chi connectivity index (χ3v) is 5.47. The highest BCUT2D eigenvalue weighted by atomic mass is 35.5. The molecule has 0 fully saturated rings. The monoisotopic (exact) mass is 372 g/mol. The lowest BCUT2D eigenvalue weighted by Crippen LogP contribution is -2.04. The average Bonchev–Trinajstić information content (AvgIpc) is 3.19. The number of aliphatic imine (C=N–C) groups is 1. The molecule has 1 aliphatic rings. The number of rotatable bonds is 4. The number of halogens is 1. The number of benzene rings is 1. The first-order valence-corrected chi connectivity index (χ1v) is 8.86. The van der Waals surface area contributed by atoms with Crippen molar-refractivity contribution in [1.82, 2.24) is 14.8 Å². The Balaban J connectivity index is 1.85. The van der Waals surface area contributed by atoms with Crippen molar-refractivity contribution < 1.29 is 9.90 Å². The second-order valence-electron chi connectivity index (χ2n) is 5.59. The van der Waals surface area contributed by atoms with E-state index in [2.05, 4.69) is 10.2 Å². The van der Waals surface area contributed by atoms with E-state index in [0.29, 0.717) is 18.0 Å². The number of aliphatic carboxylic acids is 1. The summed E-state index contributed by atoms with van der Waals surface area (Å²) < 4.78 is 1.91. The Bertz CT molecular complexity index is 992. The lowest BCUT2D eigenvalue weighted by Gasteiger charge is -2.07. The van der Waals surface area contributed by atoms with E-state index in [1.54, 1.807) is 6.33 Å². The molecule has 25 heavy (non-hydrogen) atoms. The molecule has 8 heteroatoms. The Labute approximate surface area is 152 Å². The van der Waals surface area contributed by atoms with Gasteiger partial charge in [-0.05, 0) is 18.6 Å². The van der Waals surface area contributed by atoms with Gasteiger partial charge in [0, 0.05) is 21.0 Å². The molecule has 1 aliphatic heterocycles. The van der Waals surface area contributed by atoms with E-state index >= 15 is 0 Å². The largest absolute Gasteiger partial charge is 0.481 e. The van der Waals surface area contributed by atoms with Crippen LogP contribution >= 0.6 is 22.9 Å². The standard InChI is InChI=1S/C17H13ClN4O2S/c18-13-4-2-1-3-11(13)16-12-7-10(5-6-15(23)24)25-17(12)22-9-20-21-14(22)8-19-16/h1-4,7,9H,5-6,8H2,(H,23,24). The Hall–Kier alpha value is -2.51. The molecule has 0 aliphatic carbocycles. The van der Waals surface area contributed by atoms with E-state index in [1.807, 2.05) is 34.9 Å². The van der Waals surface area contributed by atoms with Crippen LogP contribution in [-0.4, -0.2) is 31.6 Å². The highest BCUT2D eigenvalue weighted by Gasteiger charge is 2.24.